The number of hydrogen-bond acceptors (Lipinski definition) is 2. The maximum atomic E-state index is 12.8. The van der Waals surface area contributed by atoms with Crippen LogP contribution in [0.4, 0.5) is 5.69 Å². The van der Waals surface area contributed by atoms with Crippen LogP contribution in [0.25, 0.3) is 0 Å². The summed E-state index contributed by atoms with van der Waals surface area (Å²) in [6, 6.07) is 26.1. The second kappa shape index (κ2) is 9.12. The van der Waals surface area contributed by atoms with Crippen LogP contribution < -0.4 is 5.32 Å². The van der Waals surface area contributed by atoms with Crippen LogP contribution >= 0.6 is 23.4 Å². The first-order valence-corrected chi connectivity index (χ1v) is 10.2. The van der Waals surface area contributed by atoms with E-state index in [1.807, 2.05) is 62.4 Å². The molecule has 0 aliphatic carbocycles. The van der Waals surface area contributed by atoms with Crippen molar-refractivity contribution in [3.05, 3.63) is 101 Å². The van der Waals surface area contributed by atoms with Crippen LogP contribution in [0.5, 0.6) is 0 Å². The monoisotopic (exact) mass is 395 g/mol. The van der Waals surface area contributed by atoms with Crippen LogP contribution in [0.15, 0.2) is 78.9 Å². The summed E-state index contributed by atoms with van der Waals surface area (Å²) in [4.78, 5) is 12.8. The summed E-state index contributed by atoms with van der Waals surface area (Å²) in [7, 11) is 0. The van der Waals surface area contributed by atoms with E-state index in [1.54, 1.807) is 17.8 Å². The van der Waals surface area contributed by atoms with E-state index < -0.39 is 0 Å². The lowest BCUT2D eigenvalue weighted by Gasteiger charge is -2.22. The van der Waals surface area contributed by atoms with Crippen LogP contribution in [0.3, 0.4) is 0 Å². The number of carbonyl (C=O) groups is 1. The number of aryl methyl sites for hydroxylation is 1. The molecule has 1 N–H and O–H groups in total. The number of rotatable bonds is 6. The molecular weight excluding hydrogens is 374 g/mol. The van der Waals surface area contributed by atoms with E-state index >= 15 is 0 Å². The molecule has 0 bridgehead atoms. The normalized spacial score (nSPS) is 12.0. The van der Waals surface area contributed by atoms with Gasteiger partial charge in [-0.15, -0.1) is 11.8 Å². The number of carbonyl (C=O) groups excluding carboxylic acids is 1. The summed E-state index contributed by atoms with van der Waals surface area (Å²) < 4.78 is 0. The van der Waals surface area contributed by atoms with Crippen molar-refractivity contribution in [3.8, 4) is 0 Å². The Hall–Kier alpha value is -2.23. The summed E-state index contributed by atoms with van der Waals surface area (Å²) in [5.74, 6) is -0.0257. The Bertz CT molecular complexity index is 859. The Balaban J connectivity index is 1.79. The van der Waals surface area contributed by atoms with Gasteiger partial charge < -0.3 is 5.32 Å². The molecule has 3 aromatic rings. The van der Waals surface area contributed by atoms with Gasteiger partial charge in [0.05, 0.1) is 10.5 Å². The molecule has 0 fully saturated rings. The average molecular weight is 396 g/mol. The van der Waals surface area contributed by atoms with E-state index in [2.05, 4.69) is 29.6 Å². The fraction of sp³-hybridized carbons (Fsp3) is 0.174. The Morgan fingerprint density at radius 3 is 2.04 bits per heavy atom. The lowest BCUT2D eigenvalue weighted by Crippen LogP contribution is -2.24. The molecule has 3 aromatic carbocycles. The predicted molar refractivity (Wildman–Crippen MR) is 117 cm³/mol. The van der Waals surface area contributed by atoms with Crippen LogP contribution in [0.1, 0.15) is 28.9 Å². The average Bonchev–Trinajstić information content (AvgIpc) is 2.70. The zero-order chi connectivity index (χ0) is 19.2. The fourth-order valence-corrected chi connectivity index (χ4v) is 4.23. The maximum absolute atomic E-state index is 12.8. The molecule has 1 amide bonds. The van der Waals surface area contributed by atoms with Gasteiger partial charge >= 0.3 is 0 Å². The maximum Gasteiger partial charge on any atom is 0.237 e. The summed E-state index contributed by atoms with van der Waals surface area (Å²) in [6.45, 7) is 3.90. The van der Waals surface area contributed by atoms with Crippen molar-refractivity contribution in [1.29, 1.82) is 0 Å². The molecule has 0 saturated heterocycles. The van der Waals surface area contributed by atoms with Crippen molar-refractivity contribution in [3.63, 3.8) is 0 Å². The van der Waals surface area contributed by atoms with Gasteiger partial charge in [0, 0.05) is 10.7 Å². The molecule has 27 heavy (non-hydrogen) atoms. The first-order valence-electron chi connectivity index (χ1n) is 8.87. The summed E-state index contributed by atoms with van der Waals surface area (Å²) in [6.07, 6.45) is 0. The lowest BCUT2D eigenvalue weighted by molar-refractivity contribution is -0.115. The van der Waals surface area contributed by atoms with Crippen molar-refractivity contribution >= 4 is 35.0 Å². The number of thioether (sulfide) groups is 1. The van der Waals surface area contributed by atoms with Gasteiger partial charge in [-0.05, 0) is 42.7 Å². The molecule has 0 aliphatic heterocycles. The van der Waals surface area contributed by atoms with E-state index in [0.29, 0.717) is 5.02 Å². The minimum atomic E-state index is -0.228. The van der Waals surface area contributed by atoms with Gasteiger partial charge in [0.2, 0.25) is 5.91 Å². The van der Waals surface area contributed by atoms with Crippen LogP contribution in [-0.2, 0) is 4.79 Å². The largest absolute Gasteiger partial charge is 0.325 e. The number of anilines is 1. The second-order valence-corrected chi connectivity index (χ2v) is 8.32. The summed E-state index contributed by atoms with van der Waals surface area (Å²) in [5.41, 5.74) is 4.13. The van der Waals surface area contributed by atoms with Crippen LogP contribution in [0.2, 0.25) is 5.02 Å². The second-order valence-electron chi connectivity index (χ2n) is 6.43. The van der Waals surface area contributed by atoms with Crippen molar-refractivity contribution in [2.24, 2.45) is 0 Å². The summed E-state index contributed by atoms with van der Waals surface area (Å²) in [5, 5.41) is 3.49. The first kappa shape index (κ1) is 19.5. The lowest BCUT2D eigenvalue weighted by atomic mass is 10.0. The first-order chi connectivity index (χ1) is 13.0. The van der Waals surface area contributed by atoms with Gasteiger partial charge in [-0.25, -0.2) is 0 Å². The highest BCUT2D eigenvalue weighted by atomic mass is 35.5. The highest BCUT2D eigenvalue weighted by Crippen LogP contribution is 2.38. The number of hydrogen-bond donors (Lipinski definition) is 1. The van der Waals surface area contributed by atoms with Crippen LogP contribution in [-0.4, -0.2) is 11.2 Å². The number of amides is 1. The third kappa shape index (κ3) is 5.15. The molecule has 0 heterocycles. The van der Waals surface area contributed by atoms with Crippen molar-refractivity contribution in [1.82, 2.24) is 0 Å². The molecule has 138 valence electrons. The highest BCUT2D eigenvalue weighted by Gasteiger charge is 2.22. The quantitative estimate of drug-likeness (QED) is 0.516. The Morgan fingerprint density at radius 1 is 0.926 bits per heavy atom. The van der Waals surface area contributed by atoms with Gasteiger partial charge in [0.1, 0.15) is 0 Å². The van der Waals surface area contributed by atoms with Crippen LogP contribution in [0, 0.1) is 6.92 Å². The molecule has 0 aromatic heterocycles. The topological polar surface area (TPSA) is 29.1 Å². The molecule has 0 spiro atoms. The van der Waals surface area contributed by atoms with E-state index in [4.69, 9.17) is 11.6 Å². The number of halogens is 1. The molecule has 0 saturated carbocycles. The minimum Gasteiger partial charge on any atom is -0.325 e. The van der Waals surface area contributed by atoms with Crippen molar-refractivity contribution in [2.75, 3.05) is 5.32 Å². The van der Waals surface area contributed by atoms with E-state index in [9.17, 15) is 4.79 Å². The Morgan fingerprint density at radius 2 is 1.48 bits per heavy atom. The predicted octanol–water partition coefficient (Wildman–Crippen LogP) is 6.50. The SMILES string of the molecule is Cc1ccc(Cl)cc1NC(=O)C(C)SC(c1ccccc1)c1ccccc1. The summed E-state index contributed by atoms with van der Waals surface area (Å²) >= 11 is 7.71. The third-order valence-corrected chi connectivity index (χ3v) is 6.05. The highest BCUT2D eigenvalue weighted by molar-refractivity contribution is 8.01. The number of nitrogens with one attached hydrogen (secondary N) is 1. The molecule has 0 aliphatic rings. The Labute approximate surface area is 170 Å². The molecule has 3 rings (SSSR count). The zero-order valence-corrected chi connectivity index (χ0v) is 16.9. The molecular formula is C23H22ClNOS. The van der Waals surface area contributed by atoms with E-state index in [-0.39, 0.29) is 16.4 Å². The van der Waals surface area contributed by atoms with Gasteiger partial charge in [-0.3, -0.25) is 4.79 Å². The van der Waals surface area contributed by atoms with Crippen molar-refractivity contribution in [2.45, 2.75) is 24.3 Å². The molecule has 1 unspecified atom stereocenters. The molecule has 1 atom stereocenters. The zero-order valence-electron chi connectivity index (χ0n) is 15.4. The van der Waals surface area contributed by atoms with Gasteiger partial charge in [-0.2, -0.15) is 0 Å². The third-order valence-electron chi connectivity index (χ3n) is 4.37. The van der Waals surface area contributed by atoms with E-state index in [1.165, 1.54) is 11.1 Å². The van der Waals surface area contributed by atoms with E-state index in [0.717, 1.165) is 11.3 Å². The fourth-order valence-electron chi connectivity index (χ4n) is 2.83. The molecule has 4 heteroatoms. The Kier molecular flexibility index (Phi) is 6.59. The van der Waals surface area contributed by atoms with Gasteiger partial charge in [0.15, 0.2) is 0 Å². The smallest absolute Gasteiger partial charge is 0.237 e. The number of benzene rings is 3. The van der Waals surface area contributed by atoms with Crippen molar-refractivity contribution < 1.29 is 4.79 Å². The molecule has 2 nitrogen and oxygen atoms in total. The standard InChI is InChI=1S/C23H22ClNOS/c1-16-13-14-20(24)15-21(16)25-23(26)17(2)27-22(18-9-5-3-6-10-18)19-11-7-4-8-12-19/h3-15,17,22H,1-2H3,(H,25,26). The molecule has 0 radical (unpaired) electrons. The minimum absolute atomic E-state index is 0.0257. The van der Waals surface area contributed by atoms with Gasteiger partial charge in [-0.1, -0.05) is 78.3 Å². The van der Waals surface area contributed by atoms with Gasteiger partial charge in [0.25, 0.3) is 0 Å².